The van der Waals surface area contributed by atoms with Gasteiger partial charge in [-0.05, 0) is 84.9 Å². The van der Waals surface area contributed by atoms with Crippen molar-refractivity contribution >= 4 is 29.2 Å². The van der Waals surface area contributed by atoms with E-state index < -0.39 is 5.97 Å². The third kappa shape index (κ3) is 4.34. The first-order valence-corrected chi connectivity index (χ1v) is 11.9. The van der Waals surface area contributed by atoms with E-state index in [1.54, 1.807) is 24.3 Å². The van der Waals surface area contributed by atoms with Gasteiger partial charge >= 0.3 is 5.97 Å². The fraction of sp³-hybridized carbons (Fsp3) is 0.462. The molecule has 1 atom stereocenters. The molecule has 1 saturated carbocycles. The highest BCUT2D eigenvalue weighted by molar-refractivity contribution is 6.43. The number of halogens is 2. The topological polar surface area (TPSA) is 50.1 Å². The first-order valence-electron chi connectivity index (χ1n) is 11.2. The zero-order valence-corrected chi connectivity index (χ0v) is 19.4. The summed E-state index contributed by atoms with van der Waals surface area (Å²) in [5, 5.41) is 9.77. The van der Waals surface area contributed by atoms with E-state index >= 15 is 0 Å². The molecule has 0 saturated heterocycles. The number of fused-ring (bicyclic) bond motifs is 1. The smallest absolute Gasteiger partial charge is 0.343 e. The molecular formula is C26H27Cl2NO2. The fourth-order valence-corrected chi connectivity index (χ4v) is 5.97. The van der Waals surface area contributed by atoms with Gasteiger partial charge < -0.3 is 4.74 Å². The van der Waals surface area contributed by atoms with E-state index in [1.165, 1.54) is 50.5 Å². The molecule has 0 radical (unpaired) electrons. The monoisotopic (exact) mass is 455 g/mol. The number of nitriles is 1. The number of hydrogen-bond acceptors (Lipinski definition) is 3. The number of ether oxygens (including phenoxy) is 1. The van der Waals surface area contributed by atoms with Crippen molar-refractivity contribution in [2.75, 3.05) is 0 Å². The molecule has 0 N–H and O–H groups in total. The van der Waals surface area contributed by atoms with Gasteiger partial charge in [-0.1, -0.05) is 55.8 Å². The number of nitrogens with zero attached hydrogens (tertiary/aromatic N) is 1. The predicted octanol–water partition coefficient (Wildman–Crippen LogP) is 7.55. The minimum atomic E-state index is -0.506. The summed E-state index contributed by atoms with van der Waals surface area (Å²) in [6.07, 6.45) is 10.8. The van der Waals surface area contributed by atoms with Gasteiger partial charge in [-0.3, -0.25) is 0 Å². The van der Waals surface area contributed by atoms with E-state index in [2.05, 4.69) is 6.92 Å². The number of carbonyl (C=O) groups excluding carboxylic acids is 1. The second-order valence-corrected chi connectivity index (χ2v) is 9.78. The van der Waals surface area contributed by atoms with Gasteiger partial charge in [0.25, 0.3) is 0 Å². The van der Waals surface area contributed by atoms with E-state index in [9.17, 15) is 4.79 Å². The summed E-state index contributed by atoms with van der Waals surface area (Å²) in [6, 6.07) is 10.3. The van der Waals surface area contributed by atoms with E-state index in [-0.39, 0.29) is 5.41 Å². The van der Waals surface area contributed by atoms with Crippen LogP contribution in [0.2, 0.25) is 10.0 Å². The van der Waals surface area contributed by atoms with E-state index in [0.29, 0.717) is 26.9 Å². The molecule has 0 aromatic heterocycles. The molecule has 2 aromatic rings. The van der Waals surface area contributed by atoms with Crippen molar-refractivity contribution < 1.29 is 9.53 Å². The number of esters is 1. The van der Waals surface area contributed by atoms with Crippen molar-refractivity contribution in [3.05, 3.63) is 62.6 Å². The maximum Gasteiger partial charge on any atom is 0.343 e. The van der Waals surface area contributed by atoms with Gasteiger partial charge in [0, 0.05) is 0 Å². The molecule has 0 amide bonds. The average Bonchev–Trinajstić information content (AvgIpc) is 3.45. The molecule has 3 nitrogen and oxygen atoms in total. The van der Waals surface area contributed by atoms with Crippen molar-refractivity contribution in [1.82, 2.24) is 0 Å². The standard InChI is InChI=1S/C26H27Cl2NO2/c1-2-3-12-26(20-6-4-5-7-20)14-19-13-22(24(28)23(27)21(19)15-26)31-25(30)18-10-8-17(16-29)9-11-18/h8-11,13,20H,2-7,12,14-15H2,1H3. The van der Waals surface area contributed by atoms with E-state index in [4.69, 9.17) is 33.2 Å². The van der Waals surface area contributed by atoms with Crippen molar-refractivity contribution in [2.45, 2.75) is 64.7 Å². The lowest BCUT2D eigenvalue weighted by Crippen LogP contribution is -2.30. The van der Waals surface area contributed by atoms with Crippen LogP contribution in [0.15, 0.2) is 30.3 Å². The molecule has 1 fully saturated rings. The number of rotatable bonds is 6. The van der Waals surface area contributed by atoms with Gasteiger partial charge in [-0.25, -0.2) is 4.79 Å². The summed E-state index contributed by atoms with van der Waals surface area (Å²) in [5.41, 5.74) is 3.41. The Bertz CT molecular complexity index is 1020. The Labute approximate surface area is 194 Å². The fourth-order valence-electron chi connectivity index (χ4n) is 5.48. The maximum atomic E-state index is 12.6. The van der Waals surface area contributed by atoms with Gasteiger partial charge in [0.2, 0.25) is 0 Å². The van der Waals surface area contributed by atoms with Gasteiger partial charge in [0.15, 0.2) is 5.75 Å². The zero-order chi connectivity index (χ0) is 22.0. The summed E-state index contributed by atoms with van der Waals surface area (Å²) in [6.45, 7) is 2.25. The number of hydrogen-bond donors (Lipinski definition) is 0. The Morgan fingerprint density at radius 3 is 2.52 bits per heavy atom. The van der Waals surface area contributed by atoms with Crippen LogP contribution < -0.4 is 4.74 Å². The molecule has 4 rings (SSSR count). The number of benzene rings is 2. The van der Waals surface area contributed by atoms with E-state index in [0.717, 1.165) is 24.3 Å². The summed E-state index contributed by atoms with van der Waals surface area (Å²) >= 11 is 13.3. The molecule has 0 bridgehead atoms. The lowest BCUT2D eigenvalue weighted by atomic mass is 9.69. The van der Waals surface area contributed by atoms with Crippen LogP contribution in [0.5, 0.6) is 5.75 Å². The Balaban J connectivity index is 1.61. The molecular weight excluding hydrogens is 429 g/mol. The predicted molar refractivity (Wildman–Crippen MR) is 124 cm³/mol. The first-order chi connectivity index (χ1) is 15.0. The van der Waals surface area contributed by atoms with Gasteiger partial charge in [0.1, 0.15) is 5.02 Å². The quantitative estimate of drug-likeness (QED) is 0.333. The second kappa shape index (κ2) is 9.23. The molecule has 2 aliphatic rings. The minimum Gasteiger partial charge on any atom is -0.421 e. The molecule has 0 heterocycles. The summed E-state index contributed by atoms with van der Waals surface area (Å²) in [4.78, 5) is 12.6. The Morgan fingerprint density at radius 2 is 1.87 bits per heavy atom. The summed E-state index contributed by atoms with van der Waals surface area (Å²) in [7, 11) is 0. The summed E-state index contributed by atoms with van der Waals surface area (Å²) < 4.78 is 5.65. The molecule has 2 aromatic carbocycles. The van der Waals surface area contributed by atoms with Crippen molar-refractivity contribution in [3.8, 4) is 11.8 Å². The molecule has 1 unspecified atom stereocenters. The van der Waals surface area contributed by atoms with Crippen LogP contribution in [0.25, 0.3) is 0 Å². The first kappa shape index (κ1) is 22.2. The van der Waals surface area contributed by atoms with Crippen LogP contribution >= 0.6 is 23.2 Å². The number of carbonyl (C=O) groups is 1. The Hall–Kier alpha value is -2.02. The normalized spacial score (nSPS) is 20.5. The molecule has 162 valence electrons. The number of unbranched alkanes of at least 4 members (excludes halogenated alkanes) is 1. The highest BCUT2D eigenvalue weighted by Gasteiger charge is 2.45. The van der Waals surface area contributed by atoms with Gasteiger partial charge in [0.05, 0.1) is 22.2 Å². The third-order valence-electron chi connectivity index (χ3n) is 7.14. The van der Waals surface area contributed by atoms with Crippen LogP contribution in [0.3, 0.4) is 0 Å². The summed E-state index contributed by atoms with van der Waals surface area (Å²) in [5.74, 6) is 0.539. The lowest BCUT2D eigenvalue weighted by Gasteiger charge is -2.36. The molecule has 5 heteroatoms. The zero-order valence-electron chi connectivity index (χ0n) is 17.8. The second-order valence-electron chi connectivity index (χ2n) is 9.02. The van der Waals surface area contributed by atoms with Gasteiger partial charge in [-0.15, -0.1) is 0 Å². The lowest BCUT2D eigenvalue weighted by molar-refractivity contribution is 0.0735. The van der Waals surface area contributed by atoms with Gasteiger partial charge in [-0.2, -0.15) is 5.26 Å². The minimum absolute atomic E-state index is 0.248. The van der Waals surface area contributed by atoms with Crippen LogP contribution in [0.1, 0.15) is 78.9 Å². The van der Waals surface area contributed by atoms with Crippen LogP contribution in [-0.4, -0.2) is 5.97 Å². The highest BCUT2D eigenvalue weighted by Crippen LogP contribution is 2.55. The van der Waals surface area contributed by atoms with Crippen LogP contribution in [0, 0.1) is 22.7 Å². The molecule has 0 spiro atoms. The Morgan fingerprint density at radius 1 is 1.16 bits per heavy atom. The SMILES string of the molecule is CCCCC1(C2CCCC2)Cc2cc(OC(=O)c3ccc(C#N)cc3)c(Cl)c(Cl)c2C1. The van der Waals surface area contributed by atoms with Crippen molar-refractivity contribution in [2.24, 2.45) is 11.3 Å². The average molecular weight is 456 g/mol. The maximum absolute atomic E-state index is 12.6. The largest absolute Gasteiger partial charge is 0.421 e. The van der Waals surface area contributed by atoms with E-state index in [1.807, 2.05) is 12.1 Å². The Kier molecular flexibility index (Phi) is 6.60. The molecule has 2 aliphatic carbocycles. The van der Waals surface area contributed by atoms with Crippen molar-refractivity contribution in [3.63, 3.8) is 0 Å². The molecule has 31 heavy (non-hydrogen) atoms. The van der Waals surface area contributed by atoms with Crippen molar-refractivity contribution in [1.29, 1.82) is 5.26 Å². The molecule has 0 aliphatic heterocycles. The van der Waals surface area contributed by atoms with Crippen LogP contribution in [-0.2, 0) is 12.8 Å². The highest BCUT2D eigenvalue weighted by atomic mass is 35.5. The van der Waals surface area contributed by atoms with Crippen LogP contribution in [0.4, 0.5) is 0 Å². The third-order valence-corrected chi connectivity index (χ3v) is 8.03.